The summed E-state index contributed by atoms with van der Waals surface area (Å²) < 4.78 is 10.7. The number of hydrogen-bond donors (Lipinski definition) is 1. The lowest BCUT2D eigenvalue weighted by atomic mass is 10.0. The lowest BCUT2D eigenvalue weighted by Gasteiger charge is -2.08. The van der Waals surface area contributed by atoms with Crippen LogP contribution in [0.25, 0.3) is 11.3 Å². The van der Waals surface area contributed by atoms with Crippen molar-refractivity contribution >= 4 is 5.97 Å². The fraction of sp³-hybridized carbons (Fsp3) is 0.333. The van der Waals surface area contributed by atoms with E-state index in [0.29, 0.717) is 29.4 Å². The number of carboxylic acid groups (broad SMARTS) is 1. The van der Waals surface area contributed by atoms with Crippen LogP contribution in [0.1, 0.15) is 42.8 Å². The number of para-hydroxylation sites is 1. The fourth-order valence-electron chi connectivity index (χ4n) is 2.03. The molecule has 2 rings (SSSR count). The Bertz CT molecular complexity index is 616. The number of benzene rings is 1. The molecule has 1 aromatic carbocycles. The van der Waals surface area contributed by atoms with E-state index in [-0.39, 0.29) is 11.5 Å². The third-order valence-corrected chi connectivity index (χ3v) is 2.90. The highest BCUT2D eigenvalue weighted by Crippen LogP contribution is 2.35. The molecule has 106 valence electrons. The highest BCUT2D eigenvalue weighted by molar-refractivity contribution is 5.96. The third-order valence-electron chi connectivity index (χ3n) is 2.90. The molecule has 0 aliphatic rings. The van der Waals surface area contributed by atoms with E-state index >= 15 is 0 Å². The van der Waals surface area contributed by atoms with Gasteiger partial charge in [0.25, 0.3) is 0 Å². The topological polar surface area (TPSA) is 72.6 Å². The van der Waals surface area contributed by atoms with Crippen LogP contribution in [-0.4, -0.2) is 22.8 Å². The maximum Gasteiger partial charge on any atom is 0.341 e. The molecule has 0 bridgehead atoms. The van der Waals surface area contributed by atoms with Crippen molar-refractivity contribution in [2.75, 3.05) is 6.61 Å². The van der Waals surface area contributed by atoms with Crippen LogP contribution in [0.15, 0.2) is 28.8 Å². The zero-order chi connectivity index (χ0) is 14.7. The first-order valence-electron chi connectivity index (χ1n) is 6.51. The van der Waals surface area contributed by atoms with Gasteiger partial charge in [0.05, 0.1) is 6.61 Å². The van der Waals surface area contributed by atoms with Crippen molar-refractivity contribution in [3.05, 3.63) is 35.6 Å². The maximum atomic E-state index is 11.5. The highest BCUT2D eigenvalue weighted by Gasteiger charge is 2.26. The number of aromatic nitrogens is 1. The van der Waals surface area contributed by atoms with Crippen molar-refractivity contribution in [2.24, 2.45) is 0 Å². The SMILES string of the molecule is CCOc1ccccc1-c1noc(C(C)C)c1C(=O)O. The molecule has 2 aromatic rings. The van der Waals surface area contributed by atoms with Gasteiger partial charge >= 0.3 is 5.97 Å². The Morgan fingerprint density at radius 1 is 1.40 bits per heavy atom. The Hall–Kier alpha value is -2.30. The van der Waals surface area contributed by atoms with Crippen LogP contribution in [0.3, 0.4) is 0 Å². The molecule has 0 radical (unpaired) electrons. The van der Waals surface area contributed by atoms with Gasteiger partial charge in [0, 0.05) is 11.5 Å². The fourth-order valence-corrected chi connectivity index (χ4v) is 2.03. The van der Waals surface area contributed by atoms with Crippen molar-refractivity contribution in [1.29, 1.82) is 0 Å². The van der Waals surface area contributed by atoms with Crippen LogP contribution in [0.2, 0.25) is 0 Å². The summed E-state index contributed by atoms with van der Waals surface area (Å²) in [4.78, 5) is 11.5. The van der Waals surface area contributed by atoms with Crippen molar-refractivity contribution < 1.29 is 19.2 Å². The summed E-state index contributed by atoms with van der Waals surface area (Å²) >= 11 is 0. The van der Waals surface area contributed by atoms with Crippen LogP contribution in [0.4, 0.5) is 0 Å². The minimum Gasteiger partial charge on any atom is -0.493 e. The first kappa shape index (κ1) is 14.1. The Kier molecular flexibility index (Phi) is 4.08. The number of aromatic carboxylic acids is 1. The molecule has 0 unspecified atom stereocenters. The van der Waals surface area contributed by atoms with Crippen molar-refractivity contribution in [3.8, 4) is 17.0 Å². The first-order chi connectivity index (χ1) is 9.56. The largest absolute Gasteiger partial charge is 0.493 e. The molecule has 0 aliphatic heterocycles. The zero-order valence-corrected chi connectivity index (χ0v) is 11.7. The van der Waals surface area contributed by atoms with Gasteiger partial charge in [-0.1, -0.05) is 31.1 Å². The van der Waals surface area contributed by atoms with Crippen LogP contribution >= 0.6 is 0 Å². The molecule has 1 heterocycles. The first-order valence-corrected chi connectivity index (χ1v) is 6.51. The number of carbonyl (C=O) groups is 1. The summed E-state index contributed by atoms with van der Waals surface area (Å²) in [6, 6.07) is 7.21. The molecular formula is C15H17NO4. The van der Waals surface area contributed by atoms with E-state index in [1.807, 2.05) is 32.9 Å². The molecule has 0 amide bonds. The van der Waals surface area contributed by atoms with Gasteiger partial charge in [-0.2, -0.15) is 0 Å². The molecule has 5 heteroatoms. The predicted molar refractivity (Wildman–Crippen MR) is 74.2 cm³/mol. The zero-order valence-electron chi connectivity index (χ0n) is 11.7. The molecular weight excluding hydrogens is 258 g/mol. The van der Waals surface area contributed by atoms with E-state index in [1.165, 1.54) is 0 Å². The van der Waals surface area contributed by atoms with E-state index in [2.05, 4.69) is 5.16 Å². The molecule has 5 nitrogen and oxygen atoms in total. The molecule has 0 aliphatic carbocycles. The van der Waals surface area contributed by atoms with Gasteiger partial charge in [-0.25, -0.2) is 4.79 Å². The van der Waals surface area contributed by atoms with Gasteiger partial charge in [0.15, 0.2) is 5.76 Å². The van der Waals surface area contributed by atoms with E-state index < -0.39 is 5.97 Å². The molecule has 1 N–H and O–H groups in total. The molecule has 0 spiro atoms. The Balaban J connectivity index is 2.61. The van der Waals surface area contributed by atoms with E-state index in [9.17, 15) is 9.90 Å². The number of carboxylic acids is 1. The smallest absolute Gasteiger partial charge is 0.341 e. The minimum atomic E-state index is -1.05. The standard InChI is InChI=1S/C15H17NO4/c1-4-19-11-8-6-5-7-10(11)13-12(15(17)18)14(9(2)3)20-16-13/h5-9H,4H2,1-3H3,(H,17,18). The molecule has 0 atom stereocenters. The summed E-state index contributed by atoms with van der Waals surface area (Å²) in [5.74, 6) is -0.127. The van der Waals surface area contributed by atoms with Gasteiger partial charge < -0.3 is 14.4 Å². The summed E-state index contributed by atoms with van der Waals surface area (Å²) in [6.45, 7) is 6.10. The van der Waals surface area contributed by atoms with E-state index in [1.54, 1.807) is 12.1 Å². The van der Waals surface area contributed by atoms with Gasteiger partial charge in [-0.05, 0) is 19.1 Å². The Morgan fingerprint density at radius 2 is 2.10 bits per heavy atom. The van der Waals surface area contributed by atoms with Gasteiger partial charge in [-0.15, -0.1) is 0 Å². The van der Waals surface area contributed by atoms with Crippen molar-refractivity contribution in [2.45, 2.75) is 26.7 Å². The van der Waals surface area contributed by atoms with Gasteiger partial charge in [0.1, 0.15) is 17.0 Å². The Labute approximate surface area is 117 Å². The monoisotopic (exact) mass is 275 g/mol. The van der Waals surface area contributed by atoms with Gasteiger partial charge in [0.2, 0.25) is 0 Å². The predicted octanol–water partition coefficient (Wildman–Crippen LogP) is 3.56. The molecule has 0 saturated carbocycles. The lowest BCUT2D eigenvalue weighted by Crippen LogP contribution is -2.03. The van der Waals surface area contributed by atoms with Crippen molar-refractivity contribution in [1.82, 2.24) is 5.16 Å². The minimum absolute atomic E-state index is 0.0541. The Morgan fingerprint density at radius 3 is 2.70 bits per heavy atom. The average Bonchev–Trinajstić information content (AvgIpc) is 2.84. The van der Waals surface area contributed by atoms with Crippen molar-refractivity contribution in [3.63, 3.8) is 0 Å². The molecule has 0 saturated heterocycles. The van der Waals surface area contributed by atoms with Crippen LogP contribution < -0.4 is 4.74 Å². The summed E-state index contributed by atoms with van der Waals surface area (Å²) in [5, 5.41) is 13.4. The number of hydrogen-bond acceptors (Lipinski definition) is 4. The molecule has 1 aromatic heterocycles. The normalized spacial score (nSPS) is 10.8. The highest BCUT2D eigenvalue weighted by atomic mass is 16.5. The second-order valence-corrected chi connectivity index (χ2v) is 4.66. The molecule has 20 heavy (non-hydrogen) atoms. The van der Waals surface area contributed by atoms with Crippen LogP contribution in [0, 0.1) is 0 Å². The van der Waals surface area contributed by atoms with E-state index in [0.717, 1.165) is 0 Å². The number of nitrogens with zero attached hydrogens (tertiary/aromatic N) is 1. The second-order valence-electron chi connectivity index (χ2n) is 4.66. The summed E-state index contributed by atoms with van der Waals surface area (Å²) in [5.41, 5.74) is 1.04. The summed E-state index contributed by atoms with van der Waals surface area (Å²) in [6.07, 6.45) is 0. The quantitative estimate of drug-likeness (QED) is 0.903. The van der Waals surface area contributed by atoms with Gasteiger partial charge in [-0.3, -0.25) is 0 Å². The maximum absolute atomic E-state index is 11.5. The average molecular weight is 275 g/mol. The third kappa shape index (κ3) is 2.52. The number of rotatable bonds is 5. The van der Waals surface area contributed by atoms with E-state index in [4.69, 9.17) is 9.26 Å². The molecule has 0 fully saturated rings. The van der Waals surface area contributed by atoms with Crippen LogP contribution in [0.5, 0.6) is 5.75 Å². The lowest BCUT2D eigenvalue weighted by molar-refractivity contribution is 0.0694. The number of ether oxygens (including phenoxy) is 1. The second kappa shape index (κ2) is 5.77. The summed E-state index contributed by atoms with van der Waals surface area (Å²) in [7, 11) is 0. The van der Waals surface area contributed by atoms with Crippen LogP contribution in [-0.2, 0) is 0 Å².